The number of hydrogen-bond donors (Lipinski definition) is 1. The fourth-order valence-electron chi connectivity index (χ4n) is 3.47. The molecule has 1 saturated carbocycles. The van der Waals surface area contributed by atoms with Crippen LogP contribution in [0.25, 0.3) is 0 Å². The van der Waals surface area contributed by atoms with Gasteiger partial charge in [-0.05, 0) is 43.2 Å². The molecule has 26 heavy (non-hydrogen) atoms. The van der Waals surface area contributed by atoms with Gasteiger partial charge < -0.3 is 14.7 Å². The molecule has 0 unspecified atom stereocenters. The number of urea groups is 1. The van der Waals surface area contributed by atoms with Crippen molar-refractivity contribution in [3.05, 3.63) is 46.6 Å². The molecule has 1 aromatic carbocycles. The fourth-order valence-corrected chi connectivity index (χ4v) is 3.47. The molecule has 6 heteroatoms. The molecule has 0 spiro atoms. The Morgan fingerprint density at radius 1 is 1.31 bits per heavy atom. The zero-order chi connectivity index (χ0) is 18.3. The molecular formula is C20H26N4O2. The number of hydrogen-bond acceptors (Lipinski definition) is 4. The highest BCUT2D eigenvalue weighted by atomic mass is 16.5. The van der Waals surface area contributed by atoms with Crippen molar-refractivity contribution in [3.63, 3.8) is 0 Å². The van der Waals surface area contributed by atoms with E-state index in [1.807, 2.05) is 4.90 Å². The summed E-state index contributed by atoms with van der Waals surface area (Å²) in [4.78, 5) is 19.2. The largest absolute Gasteiger partial charge is 0.337 e. The topological polar surface area (TPSA) is 71.3 Å². The minimum absolute atomic E-state index is 0.0684. The maximum Gasteiger partial charge on any atom is 0.318 e. The van der Waals surface area contributed by atoms with Crippen molar-refractivity contribution in [2.75, 3.05) is 6.54 Å². The first kappa shape index (κ1) is 17.1. The summed E-state index contributed by atoms with van der Waals surface area (Å²) in [7, 11) is 0. The number of nitrogens with zero attached hydrogens (tertiary/aromatic N) is 3. The van der Waals surface area contributed by atoms with E-state index in [0.717, 1.165) is 31.6 Å². The average molecular weight is 354 g/mol. The Kier molecular flexibility index (Phi) is 4.42. The Morgan fingerprint density at radius 2 is 2.12 bits per heavy atom. The van der Waals surface area contributed by atoms with Crippen LogP contribution in [-0.2, 0) is 13.0 Å². The van der Waals surface area contributed by atoms with E-state index in [9.17, 15) is 4.79 Å². The second kappa shape index (κ2) is 6.74. The lowest BCUT2D eigenvalue weighted by Gasteiger charge is -2.31. The van der Waals surface area contributed by atoms with Crippen LogP contribution in [0.3, 0.4) is 0 Å². The van der Waals surface area contributed by atoms with Crippen LogP contribution in [0.2, 0.25) is 0 Å². The average Bonchev–Trinajstić information content (AvgIpc) is 3.36. The highest BCUT2D eigenvalue weighted by Gasteiger charge is 2.32. The lowest BCUT2D eigenvalue weighted by Crippen LogP contribution is -2.45. The van der Waals surface area contributed by atoms with Crippen molar-refractivity contribution in [2.24, 2.45) is 5.92 Å². The number of carbonyl (C=O) groups is 1. The number of fused-ring (bicyclic) bond motifs is 1. The molecule has 2 aliphatic rings. The molecule has 1 fully saturated rings. The zero-order valence-electron chi connectivity index (χ0n) is 15.7. The van der Waals surface area contributed by atoms with Crippen LogP contribution in [-0.4, -0.2) is 27.6 Å². The summed E-state index contributed by atoms with van der Waals surface area (Å²) in [6, 6.07) is 6.13. The van der Waals surface area contributed by atoms with Gasteiger partial charge in [-0.2, -0.15) is 4.98 Å². The van der Waals surface area contributed by atoms with Crippen LogP contribution in [0, 0.1) is 12.8 Å². The second-order valence-corrected chi connectivity index (χ2v) is 7.88. The Bertz CT molecular complexity index is 810. The van der Waals surface area contributed by atoms with E-state index >= 15 is 0 Å². The van der Waals surface area contributed by atoms with Crippen molar-refractivity contribution in [2.45, 2.75) is 58.5 Å². The maximum atomic E-state index is 12.8. The Balaban J connectivity index is 1.45. The van der Waals surface area contributed by atoms with Gasteiger partial charge in [0.15, 0.2) is 5.82 Å². The Hall–Kier alpha value is -2.37. The lowest BCUT2D eigenvalue weighted by molar-refractivity contribution is 0.179. The molecule has 1 aliphatic carbocycles. The number of nitrogens with one attached hydrogen (secondary N) is 1. The Labute approximate surface area is 154 Å². The second-order valence-electron chi connectivity index (χ2n) is 7.88. The van der Waals surface area contributed by atoms with Crippen molar-refractivity contribution in [1.29, 1.82) is 0 Å². The van der Waals surface area contributed by atoms with Crippen LogP contribution in [0.1, 0.15) is 67.1 Å². The summed E-state index contributed by atoms with van der Waals surface area (Å²) >= 11 is 0. The molecule has 1 aliphatic heterocycles. The van der Waals surface area contributed by atoms with E-state index in [2.05, 4.69) is 54.4 Å². The molecule has 1 N–H and O–H groups in total. The molecule has 2 heterocycles. The smallest absolute Gasteiger partial charge is 0.318 e. The summed E-state index contributed by atoms with van der Waals surface area (Å²) in [6.07, 6.45) is 3.15. The normalized spacial score (nSPS) is 17.9. The highest BCUT2D eigenvalue weighted by molar-refractivity contribution is 5.75. The number of rotatable bonds is 4. The van der Waals surface area contributed by atoms with Gasteiger partial charge >= 0.3 is 6.03 Å². The molecule has 6 nitrogen and oxygen atoms in total. The molecule has 138 valence electrons. The monoisotopic (exact) mass is 354 g/mol. The van der Waals surface area contributed by atoms with Gasteiger partial charge in [0.25, 0.3) is 0 Å². The third-order valence-electron chi connectivity index (χ3n) is 5.27. The van der Waals surface area contributed by atoms with Gasteiger partial charge in [0, 0.05) is 19.0 Å². The number of benzene rings is 1. The van der Waals surface area contributed by atoms with Gasteiger partial charge in [-0.25, -0.2) is 4.79 Å². The van der Waals surface area contributed by atoms with E-state index in [1.165, 1.54) is 16.7 Å². The standard InChI is InChI=1S/C20H26N4O2/c1-12(2)17(19-22-18(23-26-19)14-6-7-14)21-20(25)24-9-8-15-10-13(3)4-5-16(15)11-24/h4-5,10,12,14,17H,6-9,11H2,1-3H3,(H,21,25)/t17-/m0/s1. The molecule has 1 atom stereocenters. The van der Waals surface area contributed by atoms with E-state index in [1.54, 1.807) is 0 Å². The van der Waals surface area contributed by atoms with Crippen LogP contribution >= 0.6 is 0 Å². The van der Waals surface area contributed by atoms with E-state index < -0.39 is 0 Å². The molecule has 4 rings (SSSR count). The summed E-state index contributed by atoms with van der Waals surface area (Å²) < 4.78 is 5.45. The number of aromatic nitrogens is 2. The van der Waals surface area contributed by atoms with Crippen molar-refractivity contribution < 1.29 is 9.32 Å². The lowest BCUT2D eigenvalue weighted by atomic mass is 9.98. The molecule has 0 radical (unpaired) electrons. The zero-order valence-corrected chi connectivity index (χ0v) is 15.7. The van der Waals surface area contributed by atoms with Crippen LogP contribution in [0.5, 0.6) is 0 Å². The van der Waals surface area contributed by atoms with Gasteiger partial charge in [-0.1, -0.05) is 42.8 Å². The van der Waals surface area contributed by atoms with Crippen molar-refractivity contribution in [3.8, 4) is 0 Å². The third kappa shape index (κ3) is 3.45. The molecule has 0 saturated heterocycles. The quantitative estimate of drug-likeness (QED) is 0.908. The maximum absolute atomic E-state index is 12.8. The van der Waals surface area contributed by atoms with Gasteiger partial charge in [0.1, 0.15) is 6.04 Å². The first-order chi connectivity index (χ1) is 12.5. The predicted octanol–water partition coefficient (Wildman–Crippen LogP) is 3.72. The fraction of sp³-hybridized carbons (Fsp3) is 0.550. The van der Waals surface area contributed by atoms with Gasteiger partial charge in [0.2, 0.25) is 5.89 Å². The highest BCUT2D eigenvalue weighted by Crippen LogP contribution is 2.38. The van der Waals surface area contributed by atoms with E-state index in [4.69, 9.17) is 4.52 Å². The Morgan fingerprint density at radius 3 is 2.85 bits per heavy atom. The van der Waals surface area contributed by atoms with Crippen LogP contribution in [0.4, 0.5) is 4.79 Å². The van der Waals surface area contributed by atoms with Crippen molar-refractivity contribution >= 4 is 6.03 Å². The predicted molar refractivity (Wildman–Crippen MR) is 97.7 cm³/mol. The minimum atomic E-state index is -0.262. The van der Waals surface area contributed by atoms with Crippen LogP contribution in [0.15, 0.2) is 22.7 Å². The van der Waals surface area contributed by atoms with Gasteiger partial charge in [-0.15, -0.1) is 0 Å². The van der Waals surface area contributed by atoms with E-state index in [0.29, 0.717) is 18.4 Å². The molecule has 2 amide bonds. The number of amides is 2. The molecule has 0 bridgehead atoms. The molecular weight excluding hydrogens is 328 g/mol. The summed E-state index contributed by atoms with van der Waals surface area (Å²) in [5, 5.41) is 7.20. The van der Waals surface area contributed by atoms with Gasteiger partial charge in [-0.3, -0.25) is 0 Å². The summed E-state index contributed by atoms with van der Waals surface area (Å²) in [6.45, 7) is 7.58. The first-order valence-electron chi connectivity index (χ1n) is 9.48. The summed E-state index contributed by atoms with van der Waals surface area (Å²) in [5.41, 5.74) is 3.84. The van der Waals surface area contributed by atoms with Gasteiger partial charge in [0.05, 0.1) is 0 Å². The minimum Gasteiger partial charge on any atom is -0.337 e. The first-order valence-corrected chi connectivity index (χ1v) is 9.48. The summed E-state index contributed by atoms with van der Waals surface area (Å²) in [5.74, 6) is 1.91. The van der Waals surface area contributed by atoms with Crippen molar-refractivity contribution in [1.82, 2.24) is 20.4 Å². The number of carbonyl (C=O) groups excluding carboxylic acids is 1. The van der Waals surface area contributed by atoms with E-state index in [-0.39, 0.29) is 18.0 Å². The van der Waals surface area contributed by atoms with Crippen LogP contribution < -0.4 is 5.32 Å². The molecule has 2 aromatic rings. The SMILES string of the molecule is Cc1ccc2c(c1)CCN(C(=O)N[C@H](c1nc(C3CC3)no1)C(C)C)C2. The molecule has 1 aromatic heterocycles. The third-order valence-corrected chi connectivity index (χ3v) is 5.27. The number of aryl methyl sites for hydroxylation is 1.